The van der Waals surface area contributed by atoms with Crippen LogP contribution in [0.2, 0.25) is 5.02 Å². The normalized spacial score (nSPS) is 22.4. The molecule has 2 fully saturated rings. The highest BCUT2D eigenvalue weighted by molar-refractivity contribution is 7.99. The summed E-state index contributed by atoms with van der Waals surface area (Å²) >= 11 is 8.06. The van der Waals surface area contributed by atoms with E-state index in [9.17, 15) is 0 Å². The maximum atomic E-state index is 6.04. The van der Waals surface area contributed by atoms with Crippen LogP contribution in [0, 0.1) is 0 Å². The standard InChI is InChI=1S/C17H21ClN4S/c1-21-16(19-20-17(21)13-2-3-13)10-22-8-9-23-11-15(22)12-4-6-14(18)7-5-12/h4-7,13,15H,2-3,8-11H2,1H3/t15-/m1/s1. The van der Waals surface area contributed by atoms with E-state index in [0.717, 1.165) is 35.5 Å². The van der Waals surface area contributed by atoms with Gasteiger partial charge >= 0.3 is 0 Å². The van der Waals surface area contributed by atoms with E-state index in [1.165, 1.54) is 24.2 Å². The van der Waals surface area contributed by atoms with Crippen molar-refractivity contribution in [3.05, 3.63) is 46.5 Å². The second kappa shape index (κ2) is 6.46. The smallest absolute Gasteiger partial charge is 0.146 e. The van der Waals surface area contributed by atoms with Crippen LogP contribution in [-0.2, 0) is 13.6 Å². The molecule has 0 unspecified atom stereocenters. The highest BCUT2D eigenvalue weighted by Gasteiger charge is 2.31. The van der Waals surface area contributed by atoms with Crippen molar-refractivity contribution in [1.82, 2.24) is 19.7 Å². The van der Waals surface area contributed by atoms with Gasteiger partial charge in [0.05, 0.1) is 6.54 Å². The zero-order chi connectivity index (χ0) is 15.8. The van der Waals surface area contributed by atoms with Crippen LogP contribution in [0.4, 0.5) is 0 Å². The average molecular weight is 349 g/mol. The van der Waals surface area contributed by atoms with E-state index < -0.39 is 0 Å². The van der Waals surface area contributed by atoms with Gasteiger partial charge in [-0.2, -0.15) is 11.8 Å². The fourth-order valence-electron chi connectivity index (χ4n) is 3.21. The van der Waals surface area contributed by atoms with E-state index in [1.807, 2.05) is 23.9 Å². The van der Waals surface area contributed by atoms with Crippen molar-refractivity contribution in [1.29, 1.82) is 0 Å². The van der Waals surface area contributed by atoms with Gasteiger partial charge in [0.1, 0.15) is 11.6 Å². The Labute approximate surface area is 146 Å². The van der Waals surface area contributed by atoms with Gasteiger partial charge in [0.2, 0.25) is 0 Å². The minimum Gasteiger partial charge on any atom is -0.317 e. The number of hydrogen-bond donors (Lipinski definition) is 0. The molecule has 23 heavy (non-hydrogen) atoms. The Balaban J connectivity index is 1.54. The molecule has 1 saturated carbocycles. The lowest BCUT2D eigenvalue weighted by molar-refractivity contribution is 0.204. The van der Waals surface area contributed by atoms with E-state index in [1.54, 1.807) is 0 Å². The molecule has 0 N–H and O–H groups in total. The van der Waals surface area contributed by atoms with E-state index >= 15 is 0 Å². The van der Waals surface area contributed by atoms with E-state index in [2.05, 4.69) is 38.8 Å². The average Bonchev–Trinajstić information content (AvgIpc) is 3.34. The van der Waals surface area contributed by atoms with Crippen LogP contribution in [-0.4, -0.2) is 37.7 Å². The third-order valence-electron chi connectivity index (χ3n) is 4.78. The van der Waals surface area contributed by atoms with E-state index in [4.69, 9.17) is 11.6 Å². The first kappa shape index (κ1) is 15.5. The number of rotatable bonds is 4. The Bertz CT molecular complexity index is 680. The van der Waals surface area contributed by atoms with E-state index in [0.29, 0.717) is 12.0 Å². The fourth-order valence-corrected chi connectivity index (χ4v) is 4.49. The van der Waals surface area contributed by atoms with Crippen LogP contribution in [0.5, 0.6) is 0 Å². The molecule has 0 radical (unpaired) electrons. The molecule has 1 aromatic heterocycles. The molecule has 2 aromatic rings. The summed E-state index contributed by atoms with van der Waals surface area (Å²) in [5.41, 5.74) is 1.34. The Hall–Kier alpha value is -1.04. The second-order valence-electron chi connectivity index (χ2n) is 6.42. The molecular weight excluding hydrogens is 328 g/mol. The lowest BCUT2D eigenvalue weighted by Crippen LogP contribution is -2.36. The third-order valence-corrected chi connectivity index (χ3v) is 6.05. The molecule has 4 nitrogen and oxygen atoms in total. The van der Waals surface area contributed by atoms with Crippen molar-refractivity contribution in [2.24, 2.45) is 7.05 Å². The van der Waals surface area contributed by atoms with Gasteiger partial charge in [0.15, 0.2) is 0 Å². The number of nitrogens with zero attached hydrogens (tertiary/aromatic N) is 4. The Morgan fingerprint density at radius 2 is 2.00 bits per heavy atom. The monoisotopic (exact) mass is 348 g/mol. The highest BCUT2D eigenvalue weighted by Crippen LogP contribution is 2.39. The molecule has 4 rings (SSSR count). The van der Waals surface area contributed by atoms with Crippen molar-refractivity contribution >= 4 is 23.4 Å². The van der Waals surface area contributed by atoms with Gasteiger partial charge < -0.3 is 4.57 Å². The largest absolute Gasteiger partial charge is 0.317 e. The quantitative estimate of drug-likeness (QED) is 0.844. The molecule has 1 saturated heterocycles. The lowest BCUT2D eigenvalue weighted by atomic mass is 10.1. The van der Waals surface area contributed by atoms with Gasteiger partial charge in [-0.3, -0.25) is 4.90 Å². The van der Waals surface area contributed by atoms with Gasteiger partial charge in [-0.05, 0) is 30.5 Å². The third kappa shape index (κ3) is 3.28. The number of thioether (sulfide) groups is 1. The minimum absolute atomic E-state index is 0.423. The topological polar surface area (TPSA) is 34.0 Å². The Morgan fingerprint density at radius 1 is 1.22 bits per heavy atom. The molecule has 2 aliphatic rings. The van der Waals surface area contributed by atoms with Crippen molar-refractivity contribution in [2.45, 2.75) is 31.3 Å². The van der Waals surface area contributed by atoms with Gasteiger partial charge in [0, 0.05) is 42.1 Å². The summed E-state index contributed by atoms with van der Waals surface area (Å²) in [4.78, 5) is 2.53. The maximum absolute atomic E-state index is 6.04. The molecular formula is C17H21ClN4S. The van der Waals surface area contributed by atoms with Crippen molar-refractivity contribution in [3.8, 4) is 0 Å². The molecule has 0 spiro atoms. The van der Waals surface area contributed by atoms with Gasteiger partial charge in [-0.15, -0.1) is 10.2 Å². The number of hydrogen-bond acceptors (Lipinski definition) is 4. The molecule has 2 heterocycles. The molecule has 6 heteroatoms. The predicted octanol–water partition coefficient (Wildman–Crippen LogP) is 3.64. The summed E-state index contributed by atoms with van der Waals surface area (Å²) in [5, 5.41) is 9.67. The van der Waals surface area contributed by atoms with Gasteiger partial charge in [-0.1, -0.05) is 23.7 Å². The summed E-state index contributed by atoms with van der Waals surface area (Å²) in [6, 6.07) is 8.70. The highest BCUT2D eigenvalue weighted by atomic mass is 35.5. The van der Waals surface area contributed by atoms with Gasteiger partial charge in [0.25, 0.3) is 0 Å². The maximum Gasteiger partial charge on any atom is 0.146 e. The molecule has 1 aromatic carbocycles. The first-order chi connectivity index (χ1) is 11.2. The molecule has 1 aliphatic carbocycles. The van der Waals surface area contributed by atoms with Crippen molar-refractivity contribution in [3.63, 3.8) is 0 Å². The first-order valence-electron chi connectivity index (χ1n) is 8.18. The summed E-state index contributed by atoms with van der Waals surface area (Å²) in [6.45, 7) is 1.95. The number of halogens is 1. The minimum atomic E-state index is 0.423. The lowest BCUT2D eigenvalue weighted by Gasteiger charge is -2.35. The SMILES string of the molecule is Cn1c(CN2CCSC[C@@H]2c2ccc(Cl)cc2)nnc1C1CC1. The van der Waals surface area contributed by atoms with E-state index in [-0.39, 0.29) is 0 Å². The molecule has 122 valence electrons. The summed E-state index contributed by atoms with van der Waals surface area (Å²) < 4.78 is 2.21. The Kier molecular flexibility index (Phi) is 4.35. The van der Waals surface area contributed by atoms with Crippen LogP contribution in [0.3, 0.4) is 0 Å². The van der Waals surface area contributed by atoms with Crippen molar-refractivity contribution < 1.29 is 0 Å². The fraction of sp³-hybridized carbons (Fsp3) is 0.529. The van der Waals surface area contributed by atoms with Crippen LogP contribution in [0.1, 0.15) is 42.0 Å². The predicted molar refractivity (Wildman–Crippen MR) is 94.9 cm³/mol. The first-order valence-corrected chi connectivity index (χ1v) is 9.71. The molecule has 1 atom stereocenters. The molecule has 0 amide bonds. The van der Waals surface area contributed by atoms with Crippen LogP contribution < -0.4 is 0 Å². The number of benzene rings is 1. The van der Waals surface area contributed by atoms with Crippen LogP contribution in [0.25, 0.3) is 0 Å². The summed E-state index contributed by atoms with van der Waals surface area (Å²) in [6.07, 6.45) is 2.53. The van der Waals surface area contributed by atoms with Crippen LogP contribution >= 0.6 is 23.4 Å². The second-order valence-corrected chi connectivity index (χ2v) is 8.01. The number of aromatic nitrogens is 3. The molecule has 1 aliphatic heterocycles. The zero-order valence-electron chi connectivity index (χ0n) is 13.3. The summed E-state index contributed by atoms with van der Waals surface area (Å²) in [7, 11) is 2.11. The van der Waals surface area contributed by atoms with Crippen molar-refractivity contribution in [2.75, 3.05) is 18.1 Å². The Morgan fingerprint density at radius 3 is 2.74 bits per heavy atom. The van der Waals surface area contributed by atoms with Crippen LogP contribution in [0.15, 0.2) is 24.3 Å². The molecule has 0 bridgehead atoms. The van der Waals surface area contributed by atoms with Gasteiger partial charge in [-0.25, -0.2) is 0 Å². The summed E-state index contributed by atoms with van der Waals surface area (Å²) in [5.74, 6) is 5.18. The zero-order valence-corrected chi connectivity index (χ0v) is 14.9.